The van der Waals surface area contributed by atoms with Gasteiger partial charge < -0.3 is 19.8 Å². The van der Waals surface area contributed by atoms with Crippen molar-refractivity contribution in [2.24, 2.45) is 5.92 Å². The topological polar surface area (TPSA) is 80.3 Å². The third-order valence-corrected chi connectivity index (χ3v) is 2.42. The van der Waals surface area contributed by atoms with E-state index in [1.54, 1.807) is 0 Å². The van der Waals surface area contributed by atoms with Crippen molar-refractivity contribution in [3.8, 4) is 0 Å². The summed E-state index contributed by atoms with van der Waals surface area (Å²) in [6.07, 6.45) is 6.08. The number of aliphatic carboxylic acids is 2. The molecule has 0 aromatic carbocycles. The second-order valence-electron chi connectivity index (χ2n) is 3.75. The Morgan fingerprint density at radius 1 is 0.882 bits per heavy atom. The summed E-state index contributed by atoms with van der Waals surface area (Å²) in [7, 11) is 0. The fraction of sp³-hybridized carbons (Fsp3) is 0.818. The van der Waals surface area contributed by atoms with Crippen LogP contribution in [0.25, 0.3) is 0 Å². The van der Waals surface area contributed by atoms with Crippen LogP contribution in [0.15, 0.2) is 0 Å². The Labute approximate surface area is 147 Å². The minimum Gasteiger partial charge on any atom is -0.549 e. The van der Waals surface area contributed by atoms with Crippen LogP contribution < -0.4 is 69.3 Å². The first-order valence-corrected chi connectivity index (χ1v) is 5.51. The minimum absolute atomic E-state index is 0. The average molecular weight is 260 g/mol. The van der Waals surface area contributed by atoms with E-state index in [9.17, 15) is 19.8 Å². The number of carboxylic acids is 2. The van der Waals surface area contributed by atoms with E-state index < -0.39 is 17.9 Å². The van der Waals surface area contributed by atoms with Crippen molar-refractivity contribution in [2.75, 3.05) is 0 Å². The maximum absolute atomic E-state index is 10.4. The molecule has 0 aromatic heterocycles. The SMILES string of the molecule is CCCCCCCCC(C(=O)[O-])C(=O)[O-].[Na+].[Na+]. The summed E-state index contributed by atoms with van der Waals surface area (Å²) in [5.41, 5.74) is 0. The van der Waals surface area contributed by atoms with E-state index in [0.29, 0.717) is 6.42 Å². The standard InChI is InChI=1S/C11H20O4.2Na/c1-2-3-4-5-6-7-8-9(10(12)13)11(14)15;;/h9H,2-8H2,1H3,(H,12,13)(H,14,15);;/q;2*+1/p-2. The number of carbonyl (C=O) groups excluding carboxylic acids is 2. The molecule has 0 saturated heterocycles. The van der Waals surface area contributed by atoms with Crippen molar-refractivity contribution >= 4 is 11.9 Å². The summed E-state index contributed by atoms with van der Waals surface area (Å²) in [6.45, 7) is 2.11. The molecule has 0 aliphatic rings. The van der Waals surface area contributed by atoms with Gasteiger partial charge in [0.15, 0.2) is 0 Å². The average Bonchev–Trinajstić information content (AvgIpc) is 2.15. The van der Waals surface area contributed by atoms with E-state index in [2.05, 4.69) is 6.92 Å². The Bertz CT molecular complexity index is 196. The smallest absolute Gasteiger partial charge is 0.549 e. The Morgan fingerprint density at radius 2 is 1.29 bits per heavy atom. The maximum Gasteiger partial charge on any atom is 1.00 e. The van der Waals surface area contributed by atoms with Crippen LogP contribution in [-0.2, 0) is 9.59 Å². The van der Waals surface area contributed by atoms with Crippen LogP contribution in [0.4, 0.5) is 0 Å². The molecule has 0 amide bonds. The molecule has 0 N–H and O–H groups in total. The fourth-order valence-electron chi connectivity index (χ4n) is 1.46. The van der Waals surface area contributed by atoms with Crippen LogP contribution in [0.3, 0.4) is 0 Å². The number of carboxylic acid groups (broad SMARTS) is 2. The minimum atomic E-state index is -1.54. The normalized spacial score (nSPS) is 9.29. The van der Waals surface area contributed by atoms with Crippen molar-refractivity contribution in [2.45, 2.75) is 51.9 Å². The van der Waals surface area contributed by atoms with Crippen molar-refractivity contribution < 1.29 is 78.9 Å². The van der Waals surface area contributed by atoms with Gasteiger partial charge in [0.25, 0.3) is 0 Å². The van der Waals surface area contributed by atoms with Gasteiger partial charge >= 0.3 is 59.1 Å². The molecule has 0 aliphatic carbocycles. The van der Waals surface area contributed by atoms with Gasteiger partial charge in [0.05, 0.1) is 11.9 Å². The molecule has 0 heterocycles. The van der Waals surface area contributed by atoms with Crippen LogP contribution in [0, 0.1) is 5.92 Å². The predicted octanol–water partition coefficient (Wildman–Crippen LogP) is -6.14. The predicted molar refractivity (Wildman–Crippen MR) is 51.5 cm³/mol. The molecule has 88 valence electrons. The van der Waals surface area contributed by atoms with Crippen LogP contribution in [0.1, 0.15) is 51.9 Å². The van der Waals surface area contributed by atoms with Crippen LogP contribution in [0.2, 0.25) is 0 Å². The van der Waals surface area contributed by atoms with Crippen LogP contribution >= 0.6 is 0 Å². The number of unbranched alkanes of at least 4 members (excludes halogenated alkanes) is 5. The Balaban J connectivity index is -0.000000980. The molecule has 0 aromatic rings. The van der Waals surface area contributed by atoms with E-state index in [1.165, 1.54) is 6.42 Å². The Morgan fingerprint density at radius 3 is 1.71 bits per heavy atom. The molecular formula is C11H18Na2O4. The summed E-state index contributed by atoms with van der Waals surface area (Å²) in [5, 5.41) is 20.8. The molecule has 0 atom stereocenters. The molecule has 4 nitrogen and oxygen atoms in total. The first-order valence-electron chi connectivity index (χ1n) is 5.51. The van der Waals surface area contributed by atoms with Gasteiger partial charge in [-0.1, -0.05) is 45.4 Å². The molecule has 6 heteroatoms. The van der Waals surface area contributed by atoms with Gasteiger partial charge in [-0.25, -0.2) is 0 Å². The van der Waals surface area contributed by atoms with Gasteiger partial charge in [-0.3, -0.25) is 0 Å². The third kappa shape index (κ3) is 13.2. The molecule has 0 fully saturated rings. The third-order valence-electron chi connectivity index (χ3n) is 2.42. The second kappa shape index (κ2) is 15.0. The van der Waals surface area contributed by atoms with Crippen molar-refractivity contribution in [1.82, 2.24) is 0 Å². The molecular weight excluding hydrogens is 242 g/mol. The van der Waals surface area contributed by atoms with Gasteiger partial charge in [-0.05, 0) is 6.42 Å². The summed E-state index contributed by atoms with van der Waals surface area (Å²) in [4.78, 5) is 20.8. The van der Waals surface area contributed by atoms with E-state index in [-0.39, 0.29) is 65.5 Å². The quantitative estimate of drug-likeness (QED) is 0.235. The van der Waals surface area contributed by atoms with Gasteiger partial charge in [-0.2, -0.15) is 0 Å². The first kappa shape index (κ1) is 23.1. The molecule has 0 bridgehead atoms. The zero-order chi connectivity index (χ0) is 11.7. The number of hydrogen-bond acceptors (Lipinski definition) is 4. The zero-order valence-electron chi connectivity index (χ0n) is 11.2. The molecule has 0 rings (SSSR count). The van der Waals surface area contributed by atoms with Crippen LogP contribution in [-0.4, -0.2) is 11.9 Å². The molecule has 0 unspecified atom stereocenters. The fourth-order valence-corrected chi connectivity index (χ4v) is 1.46. The molecule has 17 heavy (non-hydrogen) atoms. The van der Waals surface area contributed by atoms with E-state index in [1.807, 2.05) is 0 Å². The molecule has 0 spiro atoms. The number of rotatable bonds is 9. The van der Waals surface area contributed by atoms with Gasteiger partial charge in [-0.15, -0.1) is 0 Å². The maximum atomic E-state index is 10.4. The number of hydrogen-bond donors (Lipinski definition) is 0. The monoisotopic (exact) mass is 260 g/mol. The molecule has 0 saturated carbocycles. The summed E-state index contributed by atoms with van der Waals surface area (Å²) >= 11 is 0. The summed E-state index contributed by atoms with van der Waals surface area (Å²) in [5.74, 6) is -4.52. The van der Waals surface area contributed by atoms with Crippen molar-refractivity contribution in [3.63, 3.8) is 0 Å². The van der Waals surface area contributed by atoms with E-state index >= 15 is 0 Å². The van der Waals surface area contributed by atoms with Crippen LogP contribution in [0.5, 0.6) is 0 Å². The first-order chi connectivity index (χ1) is 7.09. The summed E-state index contributed by atoms with van der Waals surface area (Å²) < 4.78 is 0. The second-order valence-corrected chi connectivity index (χ2v) is 3.75. The van der Waals surface area contributed by atoms with E-state index in [4.69, 9.17) is 0 Å². The Kier molecular flexibility index (Phi) is 20.3. The summed E-state index contributed by atoms with van der Waals surface area (Å²) in [6, 6.07) is 0. The van der Waals surface area contributed by atoms with Crippen molar-refractivity contribution in [3.05, 3.63) is 0 Å². The van der Waals surface area contributed by atoms with Gasteiger partial charge in [0, 0.05) is 5.92 Å². The largest absolute Gasteiger partial charge is 1.00 e. The molecule has 0 radical (unpaired) electrons. The number of carbonyl (C=O) groups is 2. The van der Waals surface area contributed by atoms with Gasteiger partial charge in [0.1, 0.15) is 0 Å². The Hall–Kier alpha value is 0.940. The van der Waals surface area contributed by atoms with Gasteiger partial charge in [0.2, 0.25) is 0 Å². The zero-order valence-corrected chi connectivity index (χ0v) is 15.2. The van der Waals surface area contributed by atoms with Crippen molar-refractivity contribution in [1.29, 1.82) is 0 Å². The van der Waals surface area contributed by atoms with E-state index in [0.717, 1.165) is 25.7 Å². The molecule has 0 aliphatic heterocycles.